The number of likely N-dealkylation sites (tertiary alicyclic amines) is 1. The number of rotatable bonds is 4. The topological polar surface area (TPSA) is 122 Å². The van der Waals surface area contributed by atoms with Crippen molar-refractivity contribution in [2.24, 2.45) is 0 Å². The van der Waals surface area contributed by atoms with Gasteiger partial charge in [0, 0.05) is 12.6 Å². The van der Waals surface area contributed by atoms with Crippen LogP contribution in [0.1, 0.15) is 24.2 Å². The third-order valence-electron chi connectivity index (χ3n) is 4.25. The predicted octanol–water partition coefficient (Wildman–Crippen LogP) is 1.79. The Kier molecular flexibility index (Phi) is 5.17. The van der Waals surface area contributed by atoms with Crippen molar-refractivity contribution in [1.82, 2.24) is 14.8 Å². The number of nitrogens with one attached hydrogen (secondary N) is 2. The zero-order chi connectivity index (χ0) is 19.6. The van der Waals surface area contributed by atoms with Gasteiger partial charge in [0.2, 0.25) is 5.91 Å². The minimum atomic E-state index is -4.02. The van der Waals surface area contributed by atoms with Gasteiger partial charge in [-0.15, -0.1) is 0 Å². The maximum Gasteiger partial charge on any atom is 0.331 e. The van der Waals surface area contributed by atoms with Crippen LogP contribution in [0.2, 0.25) is 0 Å². The lowest BCUT2D eigenvalue weighted by Crippen LogP contribution is -2.49. The average Bonchev–Trinajstić information content (AvgIpc) is 3.24. The van der Waals surface area contributed by atoms with Crippen molar-refractivity contribution in [3.63, 3.8) is 0 Å². The summed E-state index contributed by atoms with van der Waals surface area (Å²) < 4.78 is 31.7. The molecule has 1 atom stereocenters. The number of sulfonamides is 1. The first-order valence-electron chi connectivity index (χ1n) is 8.40. The largest absolute Gasteiger partial charge is 0.360 e. The van der Waals surface area contributed by atoms with Gasteiger partial charge in [0.1, 0.15) is 11.8 Å². The fraction of sp³-hybridized carbons (Fsp3) is 0.353. The van der Waals surface area contributed by atoms with Crippen LogP contribution in [-0.4, -0.2) is 43.0 Å². The summed E-state index contributed by atoms with van der Waals surface area (Å²) in [5.41, 5.74) is 0.902. The summed E-state index contributed by atoms with van der Waals surface area (Å²) in [5.74, 6) is 0.344. The number of carbonyl (C=O) groups excluding carboxylic acids is 2. The van der Waals surface area contributed by atoms with E-state index in [0.29, 0.717) is 18.6 Å². The molecule has 1 aromatic carbocycles. The molecule has 27 heavy (non-hydrogen) atoms. The molecule has 1 aromatic heterocycles. The van der Waals surface area contributed by atoms with Crippen molar-refractivity contribution < 1.29 is 22.5 Å². The quantitative estimate of drug-likeness (QED) is 0.818. The standard InChI is InChI=1S/C17H20N4O5S/c1-11-5-7-13(8-6-11)27(24,25)20-17(23)21-9-3-4-14(21)16(22)18-15-10-12(2)26-19-15/h5-8,10,14H,3-4,9H2,1-2H3,(H,20,23)(H,18,19,22)/t14-/m0/s1. The average molecular weight is 392 g/mol. The fourth-order valence-corrected chi connectivity index (χ4v) is 3.83. The molecular weight excluding hydrogens is 372 g/mol. The first-order chi connectivity index (χ1) is 12.8. The van der Waals surface area contributed by atoms with Crippen LogP contribution in [0.4, 0.5) is 10.6 Å². The second-order valence-electron chi connectivity index (χ2n) is 6.39. The third kappa shape index (κ3) is 4.27. The van der Waals surface area contributed by atoms with Gasteiger partial charge in [-0.3, -0.25) is 4.79 Å². The van der Waals surface area contributed by atoms with Crippen LogP contribution in [-0.2, 0) is 14.8 Å². The molecule has 0 spiro atoms. The zero-order valence-corrected chi connectivity index (χ0v) is 15.7. The summed E-state index contributed by atoms with van der Waals surface area (Å²) in [5, 5.41) is 6.26. The number of hydrogen-bond donors (Lipinski definition) is 2. The molecule has 3 amide bonds. The maximum atomic E-state index is 12.5. The maximum absolute atomic E-state index is 12.5. The van der Waals surface area contributed by atoms with Gasteiger partial charge in [0.05, 0.1) is 4.90 Å². The van der Waals surface area contributed by atoms with Crippen LogP contribution in [0.3, 0.4) is 0 Å². The highest BCUT2D eigenvalue weighted by Crippen LogP contribution is 2.20. The van der Waals surface area contributed by atoms with Gasteiger partial charge < -0.3 is 14.7 Å². The van der Waals surface area contributed by atoms with Crippen LogP contribution in [0.25, 0.3) is 0 Å². The van der Waals surface area contributed by atoms with Crippen molar-refractivity contribution in [3.8, 4) is 0 Å². The second kappa shape index (κ2) is 7.39. The van der Waals surface area contributed by atoms with E-state index in [4.69, 9.17) is 4.52 Å². The summed E-state index contributed by atoms with van der Waals surface area (Å²) in [4.78, 5) is 26.1. The van der Waals surface area contributed by atoms with E-state index in [1.807, 2.05) is 11.6 Å². The third-order valence-corrected chi connectivity index (χ3v) is 5.58. The predicted molar refractivity (Wildman–Crippen MR) is 96.5 cm³/mol. The lowest BCUT2D eigenvalue weighted by atomic mass is 10.2. The van der Waals surface area contributed by atoms with E-state index in [1.165, 1.54) is 17.0 Å². The van der Waals surface area contributed by atoms with Gasteiger partial charge >= 0.3 is 6.03 Å². The number of benzene rings is 1. The molecule has 9 nitrogen and oxygen atoms in total. The Bertz CT molecular complexity index is 952. The number of hydrogen-bond acceptors (Lipinski definition) is 6. The number of urea groups is 1. The second-order valence-corrected chi connectivity index (χ2v) is 8.07. The van der Waals surface area contributed by atoms with E-state index >= 15 is 0 Å². The molecule has 0 saturated carbocycles. The van der Waals surface area contributed by atoms with Gasteiger partial charge in [0.25, 0.3) is 10.0 Å². The highest BCUT2D eigenvalue weighted by Gasteiger charge is 2.36. The van der Waals surface area contributed by atoms with Crippen molar-refractivity contribution in [1.29, 1.82) is 0 Å². The molecule has 0 aliphatic carbocycles. The van der Waals surface area contributed by atoms with Crippen LogP contribution in [0.15, 0.2) is 39.8 Å². The Morgan fingerprint density at radius 1 is 1.22 bits per heavy atom. The molecular formula is C17H20N4O5S. The number of aryl methyl sites for hydroxylation is 2. The number of aromatic nitrogens is 1. The molecule has 3 rings (SSSR count). The SMILES string of the molecule is Cc1ccc(S(=O)(=O)NC(=O)N2CCC[C@H]2C(=O)Nc2cc(C)on2)cc1. The Morgan fingerprint density at radius 2 is 1.93 bits per heavy atom. The molecule has 0 unspecified atom stereocenters. The number of nitrogens with zero attached hydrogens (tertiary/aromatic N) is 2. The minimum Gasteiger partial charge on any atom is -0.360 e. The molecule has 144 valence electrons. The van der Waals surface area contributed by atoms with Gasteiger partial charge in [-0.05, 0) is 38.8 Å². The highest BCUT2D eigenvalue weighted by molar-refractivity contribution is 7.90. The summed E-state index contributed by atoms with van der Waals surface area (Å²) in [6, 6.07) is 6.08. The van der Waals surface area contributed by atoms with Crippen molar-refractivity contribution >= 4 is 27.8 Å². The Morgan fingerprint density at radius 3 is 2.56 bits per heavy atom. The highest BCUT2D eigenvalue weighted by atomic mass is 32.2. The fourth-order valence-electron chi connectivity index (χ4n) is 2.87. The van der Waals surface area contributed by atoms with Crippen molar-refractivity contribution in [2.75, 3.05) is 11.9 Å². The molecule has 10 heteroatoms. The van der Waals surface area contributed by atoms with E-state index in [0.717, 1.165) is 5.56 Å². The summed E-state index contributed by atoms with van der Waals surface area (Å²) in [6.45, 7) is 3.80. The summed E-state index contributed by atoms with van der Waals surface area (Å²) in [7, 11) is -4.02. The lowest BCUT2D eigenvalue weighted by Gasteiger charge is -2.23. The Balaban J connectivity index is 1.69. The van der Waals surface area contributed by atoms with Gasteiger partial charge in [-0.1, -0.05) is 22.9 Å². The van der Waals surface area contributed by atoms with Crippen molar-refractivity contribution in [3.05, 3.63) is 41.7 Å². The first kappa shape index (κ1) is 18.9. The zero-order valence-electron chi connectivity index (χ0n) is 14.9. The molecule has 2 N–H and O–H groups in total. The first-order valence-corrected chi connectivity index (χ1v) is 9.89. The number of anilines is 1. The van der Waals surface area contributed by atoms with Crippen LogP contribution >= 0.6 is 0 Å². The monoisotopic (exact) mass is 392 g/mol. The molecule has 1 aliphatic rings. The van der Waals surface area contributed by atoms with Crippen LogP contribution in [0.5, 0.6) is 0 Å². The molecule has 0 bridgehead atoms. The Hall–Kier alpha value is -2.88. The molecule has 1 aliphatic heterocycles. The smallest absolute Gasteiger partial charge is 0.331 e. The minimum absolute atomic E-state index is 0.0141. The number of amides is 3. The lowest BCUT2D eigenvalue weighted by molar-refractivity contribution is -0.119. The normalized spacial score (nSPS) is 17.0. The van der Waals surface area contributed by atoms with Crippen LogP contribution < -0.4 is 10.0 Å². The van der Waals surface area contributed by atoms with E-state index in [9.17, 15) is 18.0 Å². The van der Waals surface area contributed by atoms with E-state index in [-0.39, 0.29) is 17.3 Å². The van der Waals surface area contributed by atoms with Crippen molar-refractivity contribution in [2.45, 2.75) is 37.6 Å². The van der Waals surface area contributed by atoms with E-state index in [1.54, 1.807) is 25.1 Å². The summed E-state index contributed by atoms with van der Waals surface area (Å²) in [6.07, 6.45) is 1.02. The van der Waals surface area contributed by atoms with E-state index < -0.39 is 28.0 Å². The molecule has 2 aromatic rings. The summed E-state index contributed by atoms with van der Waals surface area (Å²) >= 11 is 0. The van der Waals surface area contributed by atoms with Gasteiger partial charge in [-0.2, -0.15) is 0 Å². The van der Waals surface area contributed by atoms with Gasteiger partial charge in [-0.25, -0.2) is 17.9 Å². The van der Waals surface area contributed by atoms with Gasteiger partial charge in [0.15, 0.2) is 5.82 Å². The van der Waals surface area contributed by atoms with E-state index in [2.05, 4.69) is 10.5 Å². The molecule has 1 saturated heterocycles. The number of carbonyl (C=O) groups is 2. The molecule has 1 fully saturated rings. The van der Waals surface area contributed by atoms with Crippen LogP contribution in [0, 0.1) is 13.8 Å². The Labute approximate surface area is 156 Å². The molecule has 0 radical (unpaired) electrons. The molecule has 2 heterocycles.